The number of unbranched alkanes of at least 4 members (excludes halogenated alkanes) is 1. The van der Waals surface area contributed by atoms with Gasteiger partial charge in [-0.1, -0.05) is 112 Å². The maximum atomic E-state index is 13.6. The molecular weight excluding hydrogens is 737 g/mol. The van der Waals surface area contributed by atoms with Gasteiger partial charge in [-0.3, -0.25) is 9.59 Å². The van der Waals surface area contributed by atoms with Crippen LogP contribution in [0.3, 0.4) is 0 Å². The zero-order valence-electron chi connectivity index (χ0n) is 36.2. The third-order valence-electron chi connectivity index (χ3n) is 12.8. The Kier molecular flexibility index (Phi) is 14.9. The molecule has 6 rings (SSSR count). The number of hydrogen-bond acceptors (Lipinski definition) is 6. The number of aliphatic hydroxyl groups excluding tert-OH is 1. The number of rotatable bonds is 15. The van der Waals surface area contributed by atoms with Crippen LogP contribution in [0.4, 0.5) is 0 Å². The molecule has 1 saturated heterocycles. The molecule has 3 aromatic rings. The molecule has 0 saturated carbocycles. The summed E-state index contributed by atoms with van der Waals surface area (Å²) in [5.41, 5.74) is 10.0. The summed E-state index contributed by atoms with van der Waals surface area (Å²) in [6, 6.07) is -0.444. The van der Waals surface area contributed by atoms with E-state index in [1.54, 1.807) is 0 Å². The first-order valence-electron chi connectivity index (χ1n) is 21.0. The molecule has 5 atom stereocenters. The maximum Gasteiger partial charge on any atom is 2.00 e. The smallest absolute Gasteiger partial charge is 0.657 e. The number of nitrogens with zero attached hydrogens (tertiary/aromatic N) is 3. The van der Waals surface area contributed by atoms with Crippen molar-refractivity contribution >= 4 is 70.6 Å². The van der Waals surface area contributed by atoms with Crippen molar-refractivity contribution < 1.29 is 24.2 Å². The minimum absolute atomic E-state index is 0. The number of aromatic nitrogens is 3. The quantitative estimate of drug-likeness (QED) is 0.118. The summed E-state index contributed by atoms with van der Waals surface area (Å²) < 4.78 is 11.1. The van der Waals surface area contributed by atoms with Gasteiger partial charge in [-0.25, -0.2) is 0 Å². The van der Waals surface area contributed by atoms with E-state index in [9.17, 15) is 14.7 Å². The molecule has 3 aliphatic rings. The second-order valence-electron chi connectivity index (χ2n) is 16.5. The van der Waals surface area contributed by atoms with Gasteiger partial charge >= 0.3 is 35.0 Å². The number of nitrogens with one attached hydrogen (secondary N) is 1. The summed E-state index contributed by atoms with van der Waals surface area (Å²) in [5.74, 6) is -1.40. The Hall–Kier alpha value is -4.15. The Morgan fingerprint density at radius 2 is 1.67 bits per heavy atom. The summed E-state index contributed by atoms with van der Waals surface area (Å²) >= 11 is 0. The van der Waals surface area contributed by atoms with Crippen LogP contribution in [-0.4, -0.2) is 59.9 Å². The summed E-state index contributed by atoms with van der Waals surface area (Å²) in [6.45, 7) is 21.4. The molecule has 3 aromatic heterocycles. The molecule has 1 aliphatic carbocycles. The summed E-state index contributed by atoms with van der Waals surface area (Å²) in [6.07, 6.45) is 18.6. The van der Waals surface area contributed by atoms with Gasteiger partial charge in [0.15, 0.2) is 0 Å². The second-order valence-corrected chi connectivity index (χ2v) is 16.5. The number of methoxy groups -OCH3 is 1. The van der Waals surface area contributed by atoms with E-state index in [0.717, 1.165) is 80.8 Å². The first-order chi connectivity index (χ1) is 27.3. The molecule has 8 bridgehead atoms. The fourth-order valence-corrected chi connectivity index (χ4v) is 9.19. The van der Waals surface area contributed by atoms with E-state index in [2.05, 4.69) is 66.4 Å². The Morgan fingerprint density at radius 1 is 0.966 bits per heavy atom. The first kappa shape index (κ1) is 44.9. The molecule has 0 spiro atoms. The summed E-state index contributed by atoms with van der Waals surface area (Å²) in [5, 5.41) is 18.4. The van der Waals surface area contributed by atoms with Crippen LogP contribution in [0.1, 0.15) is 131 Å². The van der Waals surface area contributed by atoms with Crippen LogP contribution in [-0.2, 0) is 25.5 Å². The van der Waals surface area contributed by atoms with Crippen LogP contribution in [0.25, 0.3) is 35.6 Å². The van der Waals surface area contributed by atoms with Gasteiger partial charge in [0.05, 0.1) is 13.2 Å². The van der Waals surface area contributed by atoms with Crippen LogP contribution in [0.5, 0.6) is 0 Å². The van der Waals surface area contributed by atoms with E-state index in [0.29, 0.717) is 28.3 Å². The number of carbonyl (C=O) groups is 2. The molecule has 58 heavy (non-hydrogen) atoms. The number of allylic oxidation sites excluding steroid dienone is 2. The first-order valence-corrected chi connectivity index (χ1v) is 21.0. The van der Waals surface area contributed by atoms with E-state index in [1.807, 2.05) is 31.2 Å². The SMILES string of the molecule is C=Cc1c2[n-]c(c1C)/C=C1\NC(C3=c4[n-]c(c(C)c4=C(O)[C@@H]3C(=O)OC)/C=c3\[n-]/c(c(C)c3CC)=C\2)[C@@H](CCC(=O)OC/C=C(\C)CCC[C@H](C)CCCC)[C@@H]1C.[Mg+2]. The number of ether oxygens (including phenoxy) is 2. The molecule has 10 heteroatoms. The molecule has 1 fully saturated rings. The van der Waals surface area contributed by atoms with Crippen molar-refractivity contribution in [2.24, 2.45) is 23.7 Å². The molecule has 2 aliphatic heterocycles. The number of carbonyl (C=O) groups excluding carboxylic acids is 2. The van der Waals surface area contributed by atoms with Gasteiger partial charge in [-0.05, 0) is 82.4 Å². The fraction of sp³-hybridized carbons (Fsp3) is 0.500. The van der Waals surface area contributed by atoms with E-state index < -0.39 is 17.9 Å². The molecule has 5 heterocycles. The van der Waals surface area contributed by atoms with E-state index in [1.165, 1.54) is 38.4 Å². The minimum atomic E-state index is -1.04. The molecule has 306 valence electrons. The molecular formula is C48H61MgN4O5-. The Bertz CT molecular complexity index is 2350. The van der Waals surface area contributed by atoms with Gasteiger partial charge in [-0.15, -0.1) is 33.1 Å². The fourth-order valence-electron chi connectivity index (χ4n) is 9.19. The van der Waals surface area contributed by atoms with Gasteiger partial charge in [0.2, 0.25) is 0 Å². The Labute approximate surface area is 360 Å². The van der Waals surface area contributed by atoms with Gasteiger partial charge in [0, 0.05) is 23.3 Å². The number of fused-ring (bicyclic) bond motifs is 8. The third-order valence-corrected chi connectivity index (χ3v) is 12.8. The molecule has 1 unspecified atom stereocenters. The Balaban J connectivity index is 0.00000641. The second kappa shape index (κ2) is 19.3. The molecule has 0 radical (unpaired) electrons. The third kappa shape index (κ3) is 8.88. The van der Waals surface area contributed by atoms with Crippen molar-refractivity contribution in [3.63, 3.8) is 0 Å². The number of aliphatic hydroxyl groups is 1. The molecule has 9 nitrogen and oxygen atoms in total. The predicted molar refractivity (Wildman–Crippen MR) is 233 cm³/mol. The number of hydrogen-bond donors (Lipinski definition) is 2. The van der Waals surface area contributed by atoms with Crippen molar-refractivity contribution in [3.05, 3.63) is 90.1 Å². The zero-order chi connectivity index (χ0) is 41.1. The van der Waals surface area contributed by atoms with Crippen LogP contribution in [0.15, 0.2) is 23.9 Å². The van der Waals surface area contributed by atoms with Crippen LogP contribution < -0.4 is 41.5 Å². The van der Waals surface area contributed by atoms with Crippen molar-refractivity contribution in [2.75, 3.05) is 13.7 Å². The van der Waals surface area contributed by atoms with E-state index in [4.69, 9.17) is 24.4 Å². The zero-order valence-corrected chi connectivity index (χ0v) is 37.6. The average molecular weight is 798 g/mol. The van der Waals surface area contributed by atoms with Crippen LogP contribution in [0.2, 0.25) is 0 Å². The monoisotopic (exact) mass is 797 g/mol. The largest absolute Gasteiger partial charge is 2.00 e. The van der Waals surface area contributed by atoms with Crippen molar-refractivity contribution in [1.82, 2.24) is 20.3 Å². The van der Waals surface area contributed by atoms with Crippen molar-refractivity contribution in [2.45, 2.75) is 119 Å². The van der Waals surface area contributed by atoms with Crippen LogP contribution >= 0.6 is 0 Å². The molecule has 0 amide bonds. The minimum Gasteiger partial charge on any atom is -0.657 e. The van der Waals surface area contributed by atoms with Gasteiger partial charge in [-0.2, -0.15) is 0 Å². The van der Waals surface area contributed by atoms with E-state index >= 15 is 0 Å². The molecule has 2 N–H and O–H groups in total. The standard InChI is InChI=1S/C48H61N4O5.Mg/c1-11-14-16-26(4)17-15-18-27(5)21-22-57-41(53)20-19-34-30(8)37-23-35-28(6)32(12-2)39(49-35)24-36-29(7)33(13-3)40(50-36)25-38-31(9)42-46(52-38)43(45(34)51-37)44(47(42)54)48(55)56-10;/h12,21,23-26,30,34,44-45,51,54H,2,11,13-20,22H2,1,3-10H3;/q-3;+2/b27-21+,36-24-,37-23-,40-25-;/t26-,30+,34+,44-,45?;/m1./s1. The average Bonchev–Trinajstić information content (AvgIpc) is 3.93. The Morgan fingerprint density at radius 3 is 2.36 bits per heavy atom. The van der Waals surface area contributed by atoms with Gasteiger partial charge < -0.3 is 34.8 Å². The van der Waals surface area contributed by atoms with Gasteiger partial charge in [0.1, 0.15) is 18.3 Å². The number of esters is 2. The maximum absolute atomic E-state index is 13.6. The van der Waals surface area contributed by atoms with Gasteiger partial charge in [0.25, 0.3) is 0 Å². The van der Waals surface area contributed by atoms with E-state index in [-0.39, 0.29) is 59.6 Å². The topological polar surface area (TPSA) is 127 Å². The van der Waals surface area contributed by atoms with Crippen molar-refractivity contribution in [1.29, 1.82) is 0 Å². The summed E-state index contributed by atoms with van der Waals surface area (Å²) in [7, 11) is 1.34. The van der Waals surface area contributed by atoms with Crippen molar-refractivity contribution in [3.8, 4) is 0 Å². The normalized spacial score (nSPS) is 22.2. The molecule has 0 aromatic carbocycles. The van der Waals surface area contributed by atoms with Crippen LogP contribution in [0, 0.1) is 44.4 Å². The predicted octanol–water partition coefficient (Wildman–Crippen LogP) is 5.43. The summed E-state index contributed by atoms with van der Waals surface area (Å²) in [4.78, 5) is 42.2.